The van der Waals surface area contributed by atoms with Crippen molar-refractivity contribution in [2.45, 2.75) is 13.5 Å². The van der Waals surface area contributed by atoms with E-state index < -0.39 is 0 Å². The van der Waals surface area contributed by atoms with E-state index in [1.165, 1.54) is 5.56 Å². The van der Waals surface area contributed by atoms with Gasteiger partial charge in [0.25, 0.3) is 0 Å². The predicted molar refractivity (Wildman–Crippen MR) is 67.2 cm³/mol. The summed E-state index contributed by atoms with van der Waals surface area (Å²) < 4.78 is 6.56. The van der Waals surface area contributed by atoms with Crippen molar-refractivity contribution in [2.24, 2.45) is 0 Å². The molecule has 0 heterocycles. The van der Waals surface area contributed by atoms with Gasteiger partial charge in [-0.1, -0.05) is 18.2 Å². The fraction of sp³-hybridized carbons (Fsp3) is 0.333. The third kappa shape index (κ3) is 4.06. The molecule has 1 aromatic carbocycles. The second kappa shape index (κ2) is 6.64. The van der Waals surface area contributed by atoms with E-state index in [2.05, 4.69) is 33.4 Å². The zero-order valence-corrected chi connectivity index (χ0v) is 10.7. The topological polar surface area (TPSA) is 21.3 Å². The Labute approximate surface area is 99.5 Å². The van der Waals surface area contributed by atoms with Crippen LogP contribution < -0.4 is 10.1 Å². The molecule has 0 spiro atoms. The van der Waals surface area contributed by atoms with Gasteiger partial charge in [0.05, 0.1) is 4.47 Å². The second-order valence-corrected chi connectivity index (χ2v) is 4.03. The number of rotatable bonds is 5. The third-order valence-electron chi connectivity index (χ3n) is 1.95. The summed E-state index contributed by atoms with van der Waals surface area (Å²) >= 11 is 3.49. The van der Waals surface area contributed by atoms with Gasteiger partial charge in [-0.2, -0.15) is 0 Å². The first-order valence-electron chi connectivity index (χ1n) is 4.95. The van der Waals surface area contributed by atoms with Gasteiger partial charge in [0, 0.05) is 6.54 Å². The van der Waals surface area contributed by atoms with Crippen LogP contribution in [0.25, 0.3) is 0 Å². The number of halogens is 1. The smallest absolute Gasteiger partial charge is 0.133 e. The van der Waals surface area contributed by atoms with Crippen molar-refractivity contribution in [3.8, 4) is 5.75 Å². The molecule has 0 amide bonds. The minimum Gasteiger partial charge on any atom is -0.488 e. The van der Waals surface area contributed by atoms with Crippen molar-refractivity contribution in [1.29, 1.82) is 0 Å². The number of benzene rings is 1. The van der Waals surface area contributed by atoms with Crippen LogP contribution in [0, 0.1) is 0 Å². The van der Waals surface area contributed by atoms with Gasteiger partial charge >= 0.3 is 0 Å². The summed E-state index contributed by atoms with van der Waals surface area (Å²) in [6.45, 7) is 3.46. The normalized spacial score (nSPS) is 10.9. The molecule has 1 N–H and O–H groups in total. The Morgan fingerprint density at radius 3 is 2.87 bits per heavy atom. The zero-order chi connectivity index (χ0) is 11.1. The lowest BCUT2D eigenvalue weighted by molar-refractivity contribution is 0.360. The fourth-order valence-corrected chi connectivity index (χ4v) is 1.75. The molecule has 0 bridgehead atoms. The molecule has 1 aromatic rings. The Kier molecular flexibility index (Phi) is 5.43. The van der Waals surface area contributed by atoms with Gasteiger partial charge in [-0.15, -0.1) is 0 Å². The molecule has 0 saturated carbocycles. The number of hydrogen-bond acceptors (Lipinski definition) is 2. The van der Waals surface area contributed by atoms with Crippen molar-refractivity contribution < 1.29 is 4.74 Å². The van der Waals surface area contributed by atoms with Crippen LogP contribution in [0.5, 0.6) is 5.75 Å². The maximum atomic E-state index is 5.56. The maximum absolute atomic E-state index is 5.56. The van der Waals surface area contributed by atoms with Crippen LogP contribution in [0.2, 0.25) is 0 Å². The van der Waals surface area contributed by atoms with E-state index in [0.29, 0.717) is 6.61 Å². The van der Waals surface area contributed by atoms with Crippen molar-refractivity contribution in [3.05, 3.63) is 40.4 Å². The van der Waals surface area contributed by atoms with Crippen LogP contribution in [-0.4, -0.2) is 13.7 Å². The van der Waals surface area contributed by atoms with Crippen LogP contribution in [0.1, 0.15) is 12.5 Å². The average molecular weight is 270 g/mol. The van der Waals surface area contributed by atoms with Crippen molar-refractivity contribution >= 4 is 15.9 Å². The summed E-state index contributed by atoms with van der Waals surface area (Å²) in [4.78, 5) is 0. The molecule has 0 aromatic heterocycles. The van der Waals surface area contributed by atoms with E-state index in [1.807, 2.05) is 32.2 Å². The molecule has 2 nitrogen and oxygen atoms in total. The highest BCUT2D eigenvalue weighted by Crippen LogP contribution is 2.25. The summed E-state index contributed by atoms with van der Waals surface area (Å²) in [5, 5.41) is 3.11. The van der Waals surface area contributed by atoms with Crippen LogP contribution >= 0.6 is 15.9 Å². The van der Waals surface area contributed by atoms with Crippen LogP contribution in [0.15, 0.2) is 34.8 Å². The van der Waals surface area contributed by atoms with Crippen molar-refractivity contribution in [3.63, 3.8) is 0 Å². The molecule has 3 heteroatoms. The Morgan fingerprint density at radius 2 is 2.27 bits per heavy atom. The number of ether oxygens (including phenoxy) is 1. The highest BCUT2D eigenvalue weighted by molar-refractivity contribution is 9.10. The Morgan fingerprint density at radius 1 is 1.47 bits per heavy atom. The molecule has 15 heavy (non-hydrogen) atoms. The predicted octanol–water partition coefficient (Wildman–Crippen LogP) is 3.12. The Hall–Kier alpha value is -0.800. The summed E-state index contributed by atoms with van der Waals surface area (Å²) in [5.41, 5.74) is 1.24. The van der Waals surface area contributed by atoms with E-state index in [4.69, 9.17) is 4.74 Å². The summed E-state index contributed by atoms with van der Waals surface area (Å²) in [6, 6.07) is 6.12. The van der Waals surface area contributed by atoms with Crippen LogP contribution in [-0.2, 0) is 6.54 Å². The fourth-order valence-electron chi connectivity index (χ4n) is 1.21. The average Bonchev–Trinajstić information content (AvgIpc) is 2.22. The Balaban J connectivity index is 2.65. The lowest BCUT2D eigenvalue weighted by atomic mass is 10.2. The Bertz CT molecular complexity index is 336. The first kappa shape index (κ1) is 12.3. The van der Waals surface area contributed by atoms with E-state index in [-0.39, 0.29) is 0 Å². The number of hydrogen-bond donors (Lipinski definition) is 1. The lowest BCUT2D eigenvalue weighted by Crippen LogP contribution is -2.05. The van der Waals surface area contributed by atoms with Gasteiger partial charge in [-0.25, -0.2) is 0 Å². The molecule has 0 fully saturated rings. The first-order chi connectivity index (χ1) is 7.27. The molecule has 82 valence electrons. The molecular formula is C12H16BrNO. The number of nitrogens with one attached hydrogen (secondary N) is 1. The summed E-state index contributed by atoms with van der Waals surface area (Å²) in [7, 11) is 1.93. The minimum atomic E-state index is 0.612. The standard InChI is InChI=1S/C12H16BrNO/c1-3-4-7-15-12-6-5-10(9-14-2)8-11(12)13/h3-6,8,14H,7,9H2,1-2H3. The van der Waals surface area contributed by atoms with E-state index in [1.54, 1.807) is 0 Å². The molecule has 0 aliphatic rings. The summed E-state index contributed by atoms with van der Waals surface area (Å²) in [5.74, 6) is 0.882. The molecule has 0 saturated heterocycles. The molecule has 0 aliphatic carbocycles. The van der Waals surface area contributed by atoms with Gasteiger partial charge in [0.15, 0.2) is 0 Å². The molecule has 0 atom stereocenters. The molecule has 1 rings (SSSR count). The van der Waals surface area contributed by atoms with Crippen LogP contribution in [0.3, 0.4) is 0 Å². The van der Waals surface area contributed by atoms with Gasteiger partial charge in [-0.05, 0) is 47.6 Å². The van der Waals surface area contributed by atoms with Gasteiger partial charge < -0.3 is 10.1 Å². The van der Waals surface area contributed by atoms with E-state index >= 15 is 0 Å². The highest BCUT2D eigenvalue weighted by Gasteiger charge is 2.01. The molecule has 0 radical (unpaired) electrons. The molecular weight excluding hydrogens is 254 g/mol. The van der Waals surface area contributed by atoms with Crippen molar-refractivity contribution in [2.75, 3.05) is 13.7 Å². The van der Waals surface area contributed by atoms with Crippen LogP contribution in [0.4, 0.5) is 0 Å². The quantitative estimate of drug-likeness (QED) is 0.830. The van der Waals surface area contributed by atoms with Gasteiger partial charge in [-0.3, -0.25) is 0 Å². The largest absolute Gasteiger partial charge is 0.488 e. The molecule has 0 aliphatic heterocycles. The minimum absolute atomic E-state index is 0.612. The maximum Gasteiger partial charge on any atom is 0.133 e. The first-order valence-corrected chi connectivity index (χ1v) is 5.74. The van der Waals surface area contributed by atoms with Gasteiger partial charge in [0.1, 0.15) is 12.4 Å². The van der Waals surface area contributed by atoms with Crippen molar-refractivity contribution in [1.82, 2.24) is 5.32 Å². The van der Waals surface area contributed by atoms with E-state index in [0.717, 1.165) is 16.8 Å². The third-order valence-corrected chi connectivity index (χ3v) is 2.57. The lowest BCUT2D eigenvalue weighted by Gasteiger charge is -2.07. The number of allylic oxidation sites excluding steroid dienone is 1. The zero-order valence-electron chi connectivity index (χ0n) is 9.09. The van der Waals surface area contributed by atoms with E-state index in [9.17, 15) is 0 Å². The summed E-state index contributed by atoms with van der Waals surface area (Å²) in [6.07, 6.45) is 3.96. The highest BCUT2D eigenvalue weighted by atomic mass is 79.9. The second-order valence-electron chi connectivity index (χ2n) is 3.18. The SMILES string of the molecule is CC=CCOc1ccc(CNC)cc1Br. The monoisotopic (exact) mass is 269 g/mol. The molecule has 0 unspecified atom stereocenters. The van der Waals surface area contributed by atoms with Gasteiger partial charge in [0.2, 0.25) is 0 Å².